The molecular formula is C18H28N2O3. The Bertz CT molecular complexity index is 518. The van der Waals surface area contributed by atoms with Crippen LogP contribution in [0.2, 0.25) is 0 Å². The van der Waals surface area contributed by atoms with Crippen LogP contribution in [-0.2, 0) is 16.0 Å². The van der Waals surface area contributed by atoms with Crippen molar-refractivity contribution < 1.29 is 14.7 Å². The standard InChI is InChI=1S/C18H28N2O3/c1-5-13-6-8-14(9-7-13)15(12-21)20-17(23)11-19-16(22)10-18(2,3)4/h6-9,15,21H,5,10-12H2,1-4H3,(H,19,22)(H,20,23). The first-order chi connectivity index (χ1) is 10.7. The molecule has 2 amide bonds. The summed E-state index contributed by atoms with van der Waals surface area (Å²) in [4.78, 5) is 23.7. The van der Waals surface area contributed by atoms with E-state index in [1.165, 1.54) is 5.56 Å². The first kappa shape index (κ1) is 19.2. The van der Waals surface area contributed by atoms with E-state index in [1.54, 1.807) is 0 Å². The molecule has 0 aliphatic carbocycles. The number of hydrogen-bond donors (Lipinski definition) is 3. The van der Waals surface area contributed by atoms with E-state index in [-0.39, 0.29) is 30.4 Å². The van der Waals surface area contributed by atoms with E-state index in [0.717, 1.165) is 12.0 Å². The van der Waals surface area contributed by atoms with Crippen LogP contribution in [0.4, 0.5) is 0 Å². The lowest BCUT2D eigenvalue weighted by atomic mass is 9.92. The average molecular weight is 320 g/mol. The molecule has 1 rings (SSSR count). The van der Waals surface area contributed by atoms with Gasteiger partial charge in [-0.05, 0) is 23.0 Å². The Kier molecular flexibility index (Phi) is 7.23. The zero-order chi connectivity index (χ0) is 17.5. The highest BCUT2D eigenvalue weighted by Gasteiger charge is 2.18. The van der Waals surface area contributed by atoms with E-state index in [2.05, 4.69) is 17.6 Å². The summed E-state index contributed by atoms with van der Waals surface area (Å²) in [7, 11) is 0. The summed E-state index contributed by atoms with van der Waals surface area (Å²) < 4.78 is 0. The minimum Gasteiger partial charge on any atom is -0.394 e. The number of amides is 2. The van der Waals surface area contributed by atoms with Crippen LogP contribution in [0.5, 0.6) is 0 Å². The highest BCUT2D eigenvalue weighted by molar-refractivity contribution is 5.85. The van der Waals surface area contributed by atoms with Crippen LogP contribution in [0, 0.1) is 5.41 Å². The van der Waals surface area contributed by atoms with E-state index >= 15 is 0 Å². The molecule has 1 atom stereocenters. The van der Waals surface area contributed by atoms with Crippen LogP contribution in [0.15, 0.2) is 24.3 Å². The lowest BCUT2D eigenvalue weighted by Crippen LogP contribution is -2.40. The van der Waals surface area contributed by atoms with Crippen LogP contribution in [-0.4, -0.2) is 30.1 Å². The molecule has 0 saturated heterocycles. The molecule has 0 aromatic heterocycles. The van der Waals surface area contributed by atoms with Crippen molar-refractivity contribution >= 4 is 11.8 Å². The van der Waals surface area contributed by atoms with Gasteiger partial charge in [-0.1, -0.05) is 52.0 Å². The molecule has 0 radical (unpaired) electrons. The van der Waals surface area contributed by atoms with Crippen molar-refractivity contribution in [2.24, 2.45) is 5.41 Å². The molecule has 128 valence electrons. The lowest BCUT2D eigenvalue weighted by Gasteiger charge is -2.19. The van der Waals surface area contributed by atoms with Gasteiger partial charge in [0.15, 0.2) is 0 Å². The maximum Gasteiger partial charge on any atom is 0.239 e. The van der Waals surface area contributed by atoms with E-state index in [0.29, 0.717) is 6.42 Å². The van der Waals surface area contributed by atoms with Crippen molar-refractivity contribution in [1.29, 1.82) is 0 Å². The first-order valence-electron chi connectivity index (χ1n) is 8.01. The van der Waals surface area contributed by atoms with Gasteiger partial charge in [-0.25, -0.2) is 0 Å². The molecule has 0 fully saturated rings. The SMILES string of the molecule is CCc1ccc(C(CO)NC(=O)CNC(=O)CC(C)(C)C)cc1. The summed E-state index contributed by atoms with van der Waals surface area (Å²) >= 11 is 0. The molecule has 0 spiro atoms. The minimum absolute atomic E-state index is 0.0849. The van der Waals surface area contributed by atoms with Crippen molar-refractivity contribution in [1.82, 2.24) is 10.6 Å². The predicted octanol–water partition coefficient (Wildman–Crippen LogP) is 1.95. The van der Waals surface area contributed by atoms with Gasteiger partial charge in [0, 0.05) is 6.42 Å². The topological polar surface area (TPSA) is 78.4 Å². The van der Waals surface area contributed by atoms with Crippen molar-refractivity contribution in [2.75, 3.05) is 13.2 Å². The third-order valence-electron chi connectivity index (χ3n) is 3.45. The van der Waals surface area contributed by atoms with Crippen LogP contribution < -0.4 is 10.6 Å². The number of benzene rings is 1. The molecule has 5 nitrogen and oxygen atoms in total. The van der Waals surface area contributed by atoms with Gasteiger partial charge >= 0.3 is 0 Å². The van der Waals surface area contributed by atoms with Crippen LogP contribution in [0.1, 0.15) is 51.3 Å². The smallest absolute Gasteiger partial charge is 0.239 e. The molecule has 0 aliphatic rings. The van der Waals surface area contributed by atoms with Gasteiger partial charge in [0.2, 0.25) is 11.8 Å². The fourth-order valence-electron chi connectivity index (χ4n) is 2.19. The summed E-state index contributed by atoms with van der Waals surface area (Å²) in [6.07, 6.45) is 1.30. The van der Waals surface area contributed by atoms with Gasteiger partial charge in [-0.15, -0.1) is 0 Å². The van der Waals surface area contributed by atoms with Crippen LogP contribution in [0.3, 0.4) is 0 Å². The summed E-state index contributed by atoms with van der Waals surface area (Å²) in [5.41, 5.74) is 1.93. The number of aliphatic hydroxyl groups is 1. The second-order valence-electron chi connectivity index (χ2n) is 6.91. The summed E-state index contributed by atoms with van der Waals surface area (Å²) in [5.74, 6) is -0.466. The Morgan fingerprint density at radius 1 is 1.13 bits per heavy atom. The minimum atomic E-state index is -0.465. The van der Waals surface area contributed by atoms with Gasteiger partial charge in [-0.3, -0.25) is 9.59 Å². The van der Waals surface area contributed by atoms with Gasteiger partial charge in [-0.2, -0.15) is 0 Å². The Morgan fingerprint density at radius 2 is 1.74 bits per heavy atom. The van der Waals surface area contributed by atoms with Gasteiger partial charge in [0.1, 0.15) is 0 Å². The number of carbonyl (C=O) groups excluding carboxylic acids is 2. The molecule has 1 unspecified atom stereocenters. The molecular weight excluding hydrogens is 292 g/mol. The van der Waals surface area contributed by atoms with Crippen LogP contribution >= 0.6 is 0 Å². The van der Waals surface area contributed by atoms with E-state index in [4.69, 9.17) is 0 Å². The highest BCUT2D eigenvalue weighted by atomic mass is 16.3. The Labute approximate surface area is 138 Å². The molecule has 3 N–H and O–H groups in total. The number of carbonyl (C=O) groups is 2. The average Bonchev–Trinajstić information content (AvgIpc) is 2.49. The molecule has 0 heterocycles. The maximum atomic E-state index is 11.9. The molecule has 0 aliphatic heterocycles. The third-order valence-corrected chi connectivity index (χ3v) is 3.45. The Hall–Kier alpha value is -1.88. The molecule has 0 bridgehead atoms. The summed E-state index contributed by atoms with van der Waals surface area (Å²) in [6, 6.07) is 7.30. The molecule has 1 aromatic carbocycles. The number of rotatable bonds is 7. The fraction of sp³-hybridized carbons (Fsp3) is 0.556. The largest absolute Gasteiger partial charge is 0.394 e. The van der Waals surface area contributed by atoms with Crippen molar-refractivity contribution in [3.8, 4) is 0 Å². The van der Waals surface area contributed by atoms with E-state index in [1.807, 2.05) is 45.0 Å². The second kappa shape index (κ2) is 8.67. The number of aryl methyl sites for hydroxylation is 1. The van der Waals surface area contributed by atoms with Gasteiger partial charge in [0.05, 0.1) is 19.2 Å². The third kappa shape index (κ3) is 7.28. The number of nitrogens with one attached hydrogen (secondary N) is 2. The Morgan fingerprint density at radius 3 is 2.22 bits per heavy atom. The monoisotopic (exact) mass is 320 g/mol. The van der Waals surface area contributed by atoms with Crippen molar-refractivity contribution in [3.05, 3.63) is 35.4 Å². The van der Waals surface area contributed by atoms with Gasteiger partial charge in [0.25, 0.3) is 0 Å². The van der Waals surface area contributed by atoms with Gasteiger partial charge < -0.3 is 15.7 Å². The molecule has 23 heavy (non-hydrogen) atoms. The summed E-state index contributed by atoms with van der Waals surface area (Å²) in [5, 5.41) is 14.8. The highest BCUT2D eigenvalue weighted by Crippen LogP contribution is 2.17. The zero-order valence-electron chi connectivity index (χ0n) is 14.5. The maximum absolute atomic E-state index is 11.9. The zero-order valence-corrected chi connectivity index (χ0v) is 14.5. The van der Waals surface area contributed by atoms with E-state index in [9.17, 15) is 14.7 Å². The normalized spacial score (nSPS) is 12.6. The summed E-state index contributed by atoms with van der Waals surface area (Å²) in [6.45, 7) is 7.70. The lowest BCUT2D eigenvalue weighted by molar-refractivity contribution is -0.127. The van der Waals surface area contributed by atoms with Crippen molar-refractivity contribution in [2.45, 2.75) is 46.6 Å². The van der Waals surface area contributed by atoms with Crippen LogP contribution in [0.25, 0.3) is 0 Å². The molecule has 1 aromatic rings. The van der Waals surface area contributed by atoms with Crippen molar-refractivity contribution in [3.63, 3.8) is 0 Å². The van der Waals surface area contributed by atoms with E-state index < -0.39 is 6.04 Å². The molecule has 0 saturated carbocycles. The molecule has 5 heteroatoms. The predicted molar refractivity (Wildman–Crippen MR) is 90.9 cm³/mol. The second-order valence-corrected chi connectivity index (χ2v) is 6.91. The number of aliphatic hydroxyl groups excluding tert-OH is 1. The quantitative estimate of drug-likeness (QED) is 0.718. The Balaban J connectivity index is 2.51. The fourth-order valence-corrected chi connectivity index (χ4v) is 2.19. The first-order valence-corrected chi connectivity index (χ1v) is 8.01. The number of hydrogen-bond acceptors (Lipinski definition) is 3.